The third kappa shape index (κ3) is 3.91. The number of methoxy groups -OCH3 is 1. The number of thiophene rings is 1. The molecule has 0 aromatic carbocycles. The summed E-state index contributed by atoms with van der Waals surface area (Å²) in [5.74, 6) is 1.35. The monoisotopic (exact) mass is 403 g/mol. The maximum absolute atomic E-state index is 6.49. The minimum Gasteiger partial charge on any atom is -0.474 e. The van der Waals surface area contributed by atoms with Gasteiger partial charge in [0, 0.05) is 18.0 Å². The predicted molar refractivity (Wildman–Crippen MR) is 115 cm³/mol. The Hall–Kier alpha value is -1.24. The fourth-order valence-electron chi connectivity index (χ4n) is 4.95. The van der Waals surface area contributed by atoms with E-state index in [0.717, 1.165) is 42.8 Å². The van der Waals surface area contributed by atoms with Crippen LogP contribution in [-0.2, 0) is 11.2 Å². The summed E-state index contributed by atoms with van der Waals surface area (Å²) in [4.78, 5) is 14.1. The van der Waals surface area contributed by atoms with Gasteiger partial charge < -0.3 is 14.4 Å². The van der Waals surface area contributed by atoms with Gasteiger partial charge in [-0.25, -0.2) is 9.97 Å². The molecule has 28 heavy (non-hydrogen) atoms. The van der Waals surface area contributed by atoms with E-state index in [1.54, 1.807) is 6.33 Å². The van der Waals surface area contributed by atoms with E-state index >= 15 is 0 Å². The van der Waals surface area contributed by atoms with Crippen LogP contribution in [0.2, 0.25) is 0 Å². The van der Waals surface area contributed by atoms with E-state index in [1.807, 2.05) is 18.4 Å². The molecule has 0 unspecified atom stereocenters. The molecule has 0 saturated heterocycles. The van der Waals surface area contributed by atoms with Gasteiger partial charge in [-0.2, -0.15) is 0 Å². The first-order chi connectivity index (χ1) is 13.6. The van der Waals surface area contributed by atoms with Crippen LogP contribution in [0.3, 0.4) is 0 Å². The first kappa shape index (κ1) is 20.0. The summed E-state index contributed by atoms with van der Waals surface area (Å²) in [6.07, 6.45) is 11.4. The predicted octanol–water partition coefficient (Wildman–Crippen LogP) is 4.79. The summed E-state index contributed by atoms with van der Waals surface area (Å²) in [7, 11) is 6.19. The number of aryl methyl sites for hydroxylation is 1. The van der Waals surface area contributed by atoms with Crippen LogP contribution in [0, 0.1) is 0 Å². The second kappa shape index (κ2) is 8.64. The van der Waals surface area contributed by atoms with Gasteiger partial charge in [0.1, 0.15) is 17.3 Å². The fourth-order valence-corrected chi connectivity index (χ4v) is 6.18. The van der Waals surface area contributed by atoms with E-state index in [1.165, 1.54) is 35.1 Å². The second-order valence-electron chi connectivity index (χ2n) is 8.55. The minimum atomic E-state index is 0.270. The highest BCUT2D eigenvalue weighted by atomic mass is 32.1. The smallest absolute Gasteiger partial charge is 0.225 e. The van der Waals surface area contributed by atoms with Crippen molar-refractivity contribution < 1.29 is 9.47 Å². The van der Waals surface area contributed by atoms with Crippen LogP contribution >= 0.6 is 11.3 Å². The Labute approximate surface area is 172 Å². The summed E-state index contributed by atoms with van der Waals surface area (Å²) in [5, 5.41) is 1.19. The zero-order valence-electron chi connectivity index (χ0n) is 17.6. The van der Waals surface area contributed by atoms with E-state index in [4.69, 9.17) is 9.47 Å². The molecule has 2 atom stereocenters. The fraction of sp³-hybridized carbons (Fsp3) is 0.727. The number of hydrogen-bond acceptors (Lipinski definition) is 6. The van der Waals surface area contributed by atoms with Gasteiger partial charge in [-0.05, 0) is 76.9 Å². The van der Waals surface area contributed by atoms with Crippen LogP contribution in [0.1, 0.15) is 68.2 Å². The maximum atomic E-state index is 6.49. The van der Waals surface area contributed by atoms with Crippen molar-refractivity contribution in [3.8, 4) is 5.88 Å². The van der Waals surface area contributed by atoms with Crippen molar-refractivity contribution >= 4 is 21.6 Å². The van der Waals surface area contributed by atoms with E-state index in [9.17, 15) is 0 Å². The molecule has 4 rings (SSSR count). The van der Waals surface area contributed by atoms with Crippen LogP contribution < -0.4 is 4.74 Å². The SMILES string of the molecule is CC[C@H](C[C@H]1CCc2sc3ncnc(OC4CCC(N(C)C)CC4)c3c21)OC. The van der Waals surface area contributed by atoms with Gasteiger partial charge in [0.25, 0.3) is 0 Å². The molecule has 0 aliphatic heterocycles. The topological polar surface area (TPSA) is 47.5 Å². The van der Waals surface area contributed by atoms with Crippen LogP contribution in [0.15, 0.2) is 6.33 Å². The normalized spacial score (nSPS) is 26.0. The van der Waals surface area contributed by atoms with Gasteiger partial charge in [-0.3, -0.25) is 0 Å². The second-order valence-corrected chi connectivity index (χ2v) is 9.63. The first-order valence-corrected chi connectivity index (χ1v) is 11.5. The third-order valence-electron chi connectivity index (χ3n) is 6.68. The average molecular weight is 404 g/mol. The Morgan fingerprint density at radius 1 is 1.18 bits per heavy atom. The molecule has 2 aromatic heterocycles. The molecule has 2 aromatic rings. The number of nitrogens with zero attached hydrogens (tertiary/aromatic N) is 3. The summed E-state index contributed by atoms with van der Waals surface area (Å²) in [6, 6.07) is 0.681. The molecule has 5 nitrogen and oxygen atoms in total. The van der Waals surface area contributed by atoms with Gasteiger partial charge in [-0.15, -0.1) is 11.3 Å². The molecule has 0 bridgehead atoms. The standard InChI is InChI=1S/C22H33N3O2S/c1-5-16(26-4)12-14-6-11-18-19(14)20-21(23-13-24-22(20)28-18)27-17-9-7-15(8-10-17)25(2)3/h13-17H,5-12H2,1-4H3/t14-,15?,16-,17?/m1/s1. The van der Waals surface area contributed by atoms with Crippen molar-refractivity contribution in [2.45, 2.75) is 82.5 Å². The van der Waals surface area contributed by atoms with Crippen molar-refractivity contribution in [3.63, 3.8) is 0 Å². The summed E-state index contributed by atoms with van der Waals surface area (Å²) in [6.45, 7) is 2.21. The Morgan fingerprint density at radius 2 is 1.96 bits per heavy atom. The quantitative estimate of drug-likeness (QED) is 0.665. The van der Waals surface area contributed by atoms with E-state index in [0.29, 0.717) is 18.1 Å². The van der Waals surface area contributed by atoms with Crippen LogP contribution in [0.5, 0.6) is 5.88 Å². The number of ether oxygens (including phenoxy) is 2. The minimum absolute atomic E-state index is 0.270. The van der Waals surface area contributed by atoms with Gasteiger partial charge in [0.05, 0.1) is 11.5 Å². The molecule has 2 heterocycles. The molecule has 2 aliphatic rings. The molecular weight excluding hydrogens is 370 g/mol. The lowest BCUT2D eigenvalue weighted by Crippen LogP contribution is -2.35. The molecular formula is C22H33N3O2S. The maximum Gasteiger partial charge on any atom is 0.225 e. The molecule has 2 aliphatic carbocycles. The highest BCUT2D eigenvalue weighted by Crippen LogP contribution is 2.48. The lowest BCUT2D eigenvalue weighted by Gasteiger charge is -2.32. The number of rotatable bonds is 7. The van der Waals surface area contributed by atoms with Gasteiger partial charge in [0.2, 0.25) is 5.88 Å². The number of hydrogen-bond donors (Lipinski definition) is 0. The van der Waals surface area contributed by atoms with Gasteiger partial charge in [-0.1, -0.05) is 6.92 Å². The van der Waals surface area contributed by atoms with Crippen LogP contribution in [-0.4, -0.2) is 54.3 Å². The third-order valence-corrected chi connectivity index (χ3v) is 7.86. The lowest BCUT2D eigenvalue weighted by molar-refractivity contribution is 0.0857. The highest BCUT2D eigenvalue weighted by Gasteiger charge is 2.32. The Kier molecular flexibility index (Phi) is 6.18. The van der Waals surface area contributed by atoms with Gasteiger partial charge >= 0.3 is 0 Å². The van der Waals surface area contributed by atoms with Crippen molar-refractivity contribution in [1.82, 2.24) is 14.9 Å². The summed E-state index contributed by atoms with van der Waals surface area (Å²) < 4.78 is 12.2. The molecule has 0 radical (unpaired) electrons. The highest BCUT2D eigenvalue weighted by molar-refractivity contribution is 7.19. The van der Waals surface area contributed by atoms with Crippen molar-refractivity contribution in [1.29, 1.82) is 0 Å². The largest absolute Gasteiger partial charge is 0.474 e. The van der Waals surface area contributed by atoms with E-state index < -0.39 is 0 Å². The van der Waals surface area contributed by atoms with Crippen LogP contribution in [0.25, 0.3) is 10.2 Å². The zero-order valence-corrected chi connectivity index (χ0v) is 18.4. The molecule has 0 amide bonds. The summed E-state index contributed by atoms with van der Waals surface area (Å²) in [5.41, 5.74) is 1.45. The molecule has 154 valence electrons. The molecule has 1 saturated carbocycles. The van der Waals surface area contributed by atoms with E-state index in [-0.39, 0.29) is 6.10 Å². The number of aromatic nitrogens is 2. The molecule has 1 fully saturated rings. The first-order valence-electron chi connectivity index (χ1n) is 10.7. The average Bonchev–Trinajstić information content (AvgIpc) is 3.26. The molecule has 6 heteroatoms. The van der Waals surface area contributed by atoms with Gasteiger partial charge in [0.15, 0.2) is 0 Å². The Morgan fingerprint density at radius 3 is 2.64 bits per heavy atom. The van der Waals surface area contributed by atoms with Crippen molar-refractivity contribution in [2.75, 3.05) is 21.2 Å². The van der Waals surface area contributed by atoms with Crippen LogP contribution in [0.4, 0.5) is 0 Å². The Bertz CT molecular complexity index is 794. The molecule has 0 spiro atoms. The number of fused-ring (bicyclic) bond motifs is 3. The lowest BCUT2D eigenvalue weighted by atomic mass is 9.92. The zero-order chi connectivity index (χ0) is 19.7. The Balaban J connectivity index is 1.57. The summed E-state index contributed by atoms with van der Waals surface area (Å²) >= 11 is 1.83. The van der Waals surface area contributed by atoms with Crippen molar-refractivity contribution in [2.24, 2.45) is 0 Å². The van der Waals surface area contributed by atoms with Crippen molar-refractivity contribution in [3.05, 3.63) is 16.8 Å². The molecule has 0 N–H and O–H groups in total. The van der Waals surface area contributed by atoms with E-state index in [2.05, 4.69) is 35.9 Å².